The monoisotopic (exact) mass is 230 g/mol. The van der Waals surface area contributed by atoms with E-state index in [-0.39, 0.29) is 0 Å². The third-order valence-corrected chi connectivity index (χ3v) is 2.48. The minimum atomic E-state index is 0.497. The Morgan fingerprint density at radius 2 is 1.94 bits per heavy atom. The van der Waals surface area contributed by atoms with Crippen LogP contribution in [0, 0.1) is 0 Å². The first-order chi connectivity index (χ1) is 7.86. The molecule has 1 aromatic heterocycles. The van der Waals surface area contributed by atoms with Gasteiger partial charge in [0.2, 0.25) is 0 Å². The second-order valence-corrected chi connectivity index (χ2v) is 3.69. The number of hydrogen-bond donors (Lipinski definition) is 0. The van der Waals surface area contributed by atoms with Crippen LogP contribution in [-0.4, -0.2) is 10.2 Å². The number of nitrogens with zero attached hydrogens (tertiary/aromatic N) is 2. The molecule has 0 aliphatic rings. The summed E-state index contributed by atoms with van der Waals surface area (Å²) < 4.78 is 0. The van der Waals surface area contributed by atoms with Gasteiger partial charge in [-0.05, 0) is 17.7 Å². The third kappa shape index (κ3) is 2.91. The minimum Gasteiger partial charge on any atom is -0.268 e. The van der Waals surface area contributed by atoms with Gasteiger partial charge >= 0.3 is 0 Å². The second-order valence-electron chi connectivity index (χ2n) is 3.33. The molecule has 80 valence electrons. The number of halogens is 1. The Kier molecular flexibility index (Phi) is 3.67. The topological polar surface area (TPSA) is 25.2 Å². The van der Waals surface area contributed by atoms with E-state index in [0.717, 1.165) is 11.1 Å². The number of benzene rings is 1. The third-order valence-electron chi connectivity index (χ3n) is 2.14. The molecule has 0 atom stereocenters. The maximum Gasteiger partial charge on any atom is 0.132 e. The molecule has 0 saturated heterocycles. The molecule has 0 bridgehead atoms. The fourth-order valence-electron chi connectivity index (χ4n) is 1.32. The summed E-state index contributed by atoms with van der Waals surface area (Å²) in [6.45, 7) is 0.592. The quantitative estimate of drug-likeness (QED) is 0.743. The average molecular weight is 231 g/mol. The van der Waals surface area contributed by atoms with Gasteiger partial charge in [0, 0.05) is 18.0 Å². The number of rotatable bonds is 3. The molecule has 1 aromatic carbocycles. The first kappa shape index (κ1) is 10.8. The summed E-state index contributed by atoms with van der Waals surface area (Å²) in [5.74, 6) is 0. The Labute approximate surface area is 99.6 Å². The molecule has 16 heavy (non-hydrogen) atoms. The van der Waals surface area contributed by atoms with Crippen molar-refractivity contribution in [3.63, 3.8) is 0 Å². The highest BCUT2D eigenvalue weighted by atomic mass is 35.5. The highest BCUT2D eigenvalue weighted by Gasteiger charge is 1.98. The Balaban J connectivity index is 2.09. The zero-order valence-electron chi connectivity index (χ0n) is 8.68. The molecule has 0 spiro atoms. The Hall–Kier alpha value is -1.67. The Morgan fingerprint density at radius 1 is 1.12 bits per heavy atom. The van der Waals surface area contributed by atoms with E-state index in [1.54, 1.807) is 12.4 Å². The number of pyridine rings is 1. The first-order valence-electron chi connectivity index (χ1n) is 5.00. The van der Waals surface area contributed by atoms with Crippen LogP contribution in [0.2, 0.25) is 0 Å². The lowest BCUT2D eigenvalue weighted by Crippen LogP contribution is -1.93. The lowest BCUT2D eigenvalue weighted by atomic mass is 10.2. The lowest BCUT2D eigenvalue weighted by molar-refractivity contribution is 1.07. The Morgan fingerprint density at radius 3 is 2.62 bits per heavy atom. The van der Waals surface area contributed by atoms with Crippen LogP contribution < -0.4 is 0 Å². The van der Waals surface area contributed by atoms with Crippen LogP contribution in [0.5, 0.6) is 0 Å². The van der Waals surface area contributed by atoms with Gasteiger partial charge in [-0.15, -0.1) is 0 Å². The normalized spacial score (nSPS) is 11.4. The first-order valence-corrected chi connectivity index (χ1v) is 5.38. The van der Waals surface area contributed by atoms with Gasteiger partial charge < -0.3 is 0 Å². The predicted molar refractivity (Wildman–Crippen MR) is 66.8 cm³/mol. The van der Waals surface area contributed by atoms with Crippen LogP contribution in [0.25, 0.3) is 0 Å². The van der Waals surface area contributed by atoms with Gasteiger partial charge in [0.1, 0.15) is 5.17 Å². The molecule has 0 fully saturated rings. The van der Waals surface area contributed by atoms with E-state index < -0.39 is 0 Å². The highest BCUT2D eigenvalue weighted by molar-refractivity contribution is 6.69. The molecule has 0 radical (unpaired) electrons. The summed E-state index contributed by atoms with van der Waals surface area (Å²) in [6.07, 6.45) is 3.42. The summed E-state index contributed by atoms with van der Waals surface area (Å²) in [4.78, 5) is 8.30. The molecule has 0 aliphatic carbocycles. The van der Waals surface area contributed by atoms with Crippen LogP contribution in [-0.2, 0) is 6.54 Å². The van der Waals surface area contributed by atoms with Crippen molar-refractivity contribution < 1.29 is 0 Å². The molecule has 0 aliphatic heterocycles. The molecule has 0 N–H and O–H groups in total. The van der Waals surface area contributed by atoms with Crippen molar-refractivity contribution in [2.24, 2.45) is 4.99 Å². The molecule has 1 heterocycles. The van der Waals surface area contributed by atoms with E-state index in [2.05, 4.69) is 9.98 Å². The van der Waals surface area contributed by atoms with E-state index in [4.69, 9.17) is 11.6 Å². The van der Waals surface area contributed by atoms with E-state index in [1.165, 1.54) is 0 Å². The van der Waals surface area contributed by atoms with Crippen molar-refractivity contribution in [3.05, 3.63) is 66.0 Å². The molecule has 0 saturated carbocycles. The Bertz CT molecular complexity index is 466. The van der Waals surface area contributed by atoms with Crippen LogP contribution >= 0.6 is 11.6 Å². The highest BCUT2D eigenvalue weighted by Crippen LogP contribution is 2.06. The molecular weight excluding hydrogens is 220 g/mol. The van der Waals surface area contributed by atoms with E-state index in [1.807, 2.05) is 42.5 Å². The van der Waals surface area contributed by atoms with Crippen LogP contribution in [0.3, 0.4) is 0 Å². The molecule has 0 amide bonds. The van der Waals surface area contributed by atoms with Crippen LogP contribution in [0.4, 0.5) is 0 Å². The van der Waals surface area contributed by atoms with Gasteiger partial charge in [-0.25, -0.2) is 0 Å². The number of aromatic nitrogens is 1. The summed E-state index contributed by atoms with van der Waals surface area (Å²) in [6, 6.07) is 13.7. The summed E-state index contributed by atoms with van der Waals surface area (Å²) >= 11 is 6.07. The minimum absolute atomic E-state index is 0.497. The lowest BCUT2D eigenvalue weighted by Gasteiger charge is -1.98. The summed E-state index contributed by atoms with van der Waals surface area (Å²) in [7, 11) is 0. The van der Waals surface area contributed by atoms with E-state index >= 15 is 0 Å². The summed E-state index contributed by atoms with van der Waals surface area (Å²) in [5, 5.41) is 0.497. The van der Waals surface area contributed by atoms with Gasteiger partial charge in [0.15, 0.2) is 0 Å². The molecule has 2 rings (SSSR count). The largest absolute Gasteiger partial charge is 0.268 e. The fraction of sp³-hybridized carbons (Fsp3) is 0.0769. The molecule has 2 aromatic rings. The van der Waals surface area contributed by atoms with E-state index in [0.29, 0.717) is 11.7 Å². The standard InChI is InChI=1S/C13H11ClN2/c14-13(12-7-4-8-15-10-12)16-9-11-5-2-1-3-6-11/h1-8,10H,9H2/b16-13-. The number of hydrogen-bond acceptors (Lipinski definition) is 2. The zero-order chi connectivity index (χ0) is 11.2. The molecule has 2 nitrogen and oxygen atoms in total. The maximum absolute atomic E-state index is 6.07. The van der Waals surface area contributed by atoms with Crippen molar-refractivity contribution in [2.75, 3.05) is 0 Å². The summed E-state index contributed by atoms with van der Waals surface area (Å²) in [5.41, 5.74) is 1.99. The van der Waals surface area contributed by atoms with Crippen molar-refractivity contribution in [3.8, 4) is 0 Å². The van der Waals surface area contributed by atoms with Crippen molar-refractivity contribution in [1.29, 1.82) is 0 Å². The van der Waals surface area contributed by atoms with Gasteiger partial charge in [0.05, 0.1) is 6.54 Å². The van der Waals surface area contributed by atoms with Gasteiger partial charge in [0.25, 0.3) is 0 Å². The zero-order valence-corrected chi connectivity index (χ0v) is 9.43. The van der Waals surface area contributed by atoms with Gasteiger partial charge in [-0.1, -0.05) is 41.9 Å². The average Bonchev–Trinajstić information content (AvgIpc) is 2.38. The smallest absolute Gasteiger partial charge is 0.132 e. The van der Waals surface area contributed by atoms with Crippen molar-refractivity contribution >= 4 is 16.8 Å². The molecule has 0 unspecified atom stereocenters. The second kappa shape index (κ2) is 5.42. The van der Waals surface area contributed by atoms with Crippen LogP contribution in [0.1, 0.15) is 11.1 Å². The van der Waals surface area contributed by atoms with E-state index in [9.17, 15) is 0 Å². The van der Waals surface area contributed by atoms with Gasteiger partial charge in [-0.3, -0.25) is 9.98 Å². The fourth-order valence-corrected chi connectivity index (χ4v) is 1.49. The van der Waals surface area contributed by atoms with Gasteiger partial charge in [-0.2, -0.15) is 0 Å². The van der Waals surface area contributed by atoms with Crippen LogP contribution in [0.15, 0.2) is 59.9 Å². The SMILES string of the molecule is Cl/C(=N\Cc1ccccc1)c1cccnc1. The number of aliphatic imine (C=N–C) groups is 1. The predicted octanol–water partition coefficient (Wildman–Crippen LogP) is 3.27. The van der Waals surface area contributed by atoms with Crippen molar-refractivity contribution in [1.82, 2.24) is 4.98 Å². The van der Waals surface area contributed by atoms with Crippen molar-refractivity contribution in [2.45, 2.75) is 6.54 Å². The molecule has 3 heteroatoms. The molecular formula is C13H11ClN2. The maximum atomic E-state index is 6.07.